The molecule has 0 radical (unpaired) electrons. The Morgan fingerprint density at radius 3 is 2.45 bits per heavy atom. The van der Waals surface area contributed by atoms with E-state index < -0.39 is 10.0 Å². The van der Waals surface area contributed by atoms with Gasteiger partial charge in [-0.15, -0.1) is 0 Å². The van der Waals surface area contributed by atoms with Gasteiger partial charge in [-0.1, -0.05) is 31.7 Å². The summed E-state index contributed by atoms with van der Waals surface area (Å²) >= 11 is 3.27. The van der Waals surface area contributed by atoms with E-state index in [-0.39, 0.29) is 17.5 Å². The standard InChI is InChI=1S/C14H20BrNO3S/c15-13-8-7-11(10-17)9-14(13)20(18,19)16-12-5-3-1-2-4-6-12/h7-9,12,16-17H,1-6,10H2. The van der Waals surface area contributed by atoms with Gasteiger partial charge >= 0.3 is 0 Å². The van der Waals surface area contributed by atoms with Crippen LogP contribution in [0, 0.1) is 0 Å². The monoisotopic (exact) mass is 361 g/mol. The van der Waals surface area contributed by atoms with E-state index in [4.69, 9.17) is 5.11 Å². The highest BCUT2D eigenvalue weighted by molar-refractivity contribution is 9.10. The van der Waals surface area contributed by atoms with Gasteiger partial charge in [-0.3, -0.25) is 0 Å². The van der Waals surface area contributed by atoms with Crippen molar-refractivity contribution in [2.24, 2.45) is 0 Å². The Balaban J connectivity index is 2.21. The topological polar surface area (TPSA) is 66.4 Å². The van der Waals surface area contributed by atoms with Gasteiger partial charge in [0.15, 0.2) is 0 Å². The van der Waals surface area contributed by atoms with E-state index in [1.165, 1.54) is 18.9 Å². The number of hydrogen-bond acceptors (Lipinski definition) is 3. The third-order valence-electron chi connectivity index (χ3n) is 3.64. The van der Waals surface area contributed by atoms with E-state index in [9.17, 15) is 8.42 Å². The van der Waals surface area contributed by atoms with Crippen LogP contribution < -0.4 is 4.72 Å². The summed E-state index contributed by atoms with van der Waals surface area (Å²) in [5.74, 6) is 0. The second kappa shape index (κ2) is 7.02. The lowest BCUT2D eigenvalue weighted by molar-refractivity contribution is 0.281. The van der Waals surface area contributed by atoms with Crippen molar-refractivity contribution >= 4 is 26.0 Å². The molecule has 0 bridgehead atoms. The zero-order chi connectivity index (χ0) is 14.6. The zero-order valence-electron chi connectivity index (χ0n) is 11.3. The Hall–Kier alpha value is -0.430. The van der Waals surface area contributed by atoms with Crippen LogP contribution >= 0.6 is 15.9 Å². The van der Waals surface area contributed by atoms with Gasteiger partial charge in [0.05, 0.1) is 11.5 Å². The molecule has 1 aliphatic carbocycles. The average Bonchev–Trinajstić information content (AvgIpc) is 2.67. The molecule has 112 valence electrons. The summed E-state index contributed by atoms with van der Waals surface area (Å²) in [4.78, 5) is 0.202. The normalized spacial score (nSPS) is 17.9. The van der Waals surface area contributed by atoms with Crippen LogP contribution in [0.3, 0.4) is 0 Å². The molecule has 0 saturated heterocycles. The van der Waals surface area contributed by atoms with Crippen molar-refractivity contribution in [3.05, 3.63) is 28.2 Å². The maximum absolute atomic E-state index is 12.5. The number of aliphatic hydroxyl groups is 1. The second-order valence-electron chi connectivity index (χ2n) is 5.23. The SMILES string of the molecule is O=S(=O)(NC1CCCCCC1)c1cc(CO)ccc1Br. The molecule has 0 spiro atoms. The van der Waals surface area contributed by atoms with E-state index >= 15 is 0 Å². The summed E-state index contributed by atoms with van der Waals surface area (Å²) in [5.41, 5.74) is 0.592. The quantitative estimate of drug-likeness (QED) is 0.810. The van der Waals surface area contributed by atoms with E-state index in [0.717, 1.165) is 25.7 Å². The minimum atomic E-state index is -3.55. The molecule has 1 aromatic carbocycles. The molecule has 1 aliphatic rings. The predicted molar refractivity (Wildman–Crippen MR) is 81.9 cm³/mol. The third kappa shape index (κ3) is 4.04. The molecule has 20 heavy (non-hydrogen) atoms. The van der Waals surface area contributed by atoms with Gasteiger partial charge in [0.1, 0.15) is 0 Å². The average molecular weight is 362 g/mol. The van der Waals surface area contributed by atoms with Crippen molar-refractivity contribution in [2.75, 3.05) is 0 Å². The minimum absolute atomic E-state index is 0.0205. The summed E-state index contributed by atoms with van der Waals surface area (Å²) in [7, 11) is -3.55. The Labute approximate surface area is 128 Å². The molecule has 1 aromatic rings. The first-order chi connectivity index (χ1) is 9.53. The number of benzene rings is 1. The number of halogens is 1. The Morgan fingerprint density at radius 1 is 1.20 bits per heavy atom. The highest BCUT2D eigenvalue weighted by atomic mass is 79.9. The zero-order valence-corrected chi connectivity index (χ0v) is 13.7. The largest absolute Gasteiger partial charge is 0.392 e. The first-order valence-corrected chi connectivity index (χ1v) is 9.22. The molecule has 6 heteroatoms. The van der Waals surface area contributed by atoms with Crippen LogP contribution in [0.5, 0.6) is 0 Å². The van der Waals surface area contributed by atoms with Crippen LogP contribution in [0.2, 0.25) is 0 Å². The lowest BCUT2D eigenvalue weighted by Gasteiger charge is -2.17. The highest BCUT2D eigenvalue weighted by Crippen LogP contribution is 2.25. The highest BCUT2D eigenvalue weighted by Gasteiger charge is 2.23. The Kier molecular flexibility index (Phi) is 5.60. The van der Waals surface area contributed by atoms with Crippen LogP contribution in [-0.2, 0) is 16.6 Å². The molecular weight excluding hydrogens is 342 g/mol. The fraction of sp³-hybridized carbons (Fsp3) is 0.571. The maximum Gasteiger partial charge on any atom is 0.241 e. The first-order valence-electron chi connectivity index (χ1n) is 6.94. The minimum Gasteiger partial charge on any atom is -0.392 e. The summed E-state index contributed by atoms with van der Waals surface area (Å²) in [6.07, 6.45) is 6.31. The van der Waals surface area contributed by atoms with Gasteiger partial charge < -0.3 is 5.11 Å². The Bertz CT molecular complexity index is 552. The van der Waals surface area contributed by atoms with Crippen LogP contribution in [0.1, 0.15) is 44.1 Å². The number of sulfonamides is 1. The fourth-order valence-corrected chi connectivity index (χ4v) is 4.85. The maximum atomic E-state index is 12.5. The lowest BCUT2D eigenvalue weighted by atomic mass is 10.1. The summed E-state index contributed by atoms with van der Waals surface area (Å²) < 4.78 is 28.3. The molecule has 0 heterocycles. The van der Waals surface area contributed by atoms with E-state index in [1.807, 2.05) is 0 Å². The molecule has 0 aromatic heterocycles. The van der Waals surface area contributed by atoms with Crippen molar-refractivity contribution in [1.82, 2.24) is 4.72 Å². The van der Waals surface area contributed by atoms with Gasteiger partial charge in [0, 0.05) is 10.5 Å². The molecule has 4 nitrogen and oxygen atoms in total. The van der Waals surface area contributed by atoms with Crippen molar-refractivity contribution < 1.29 is 13.5 Å². The molecule has 2 N–H and O–H groups in total. The van der Waals surface area contributed by atoms with Gasteiger partial charge in [-0.05, 0) is 46.5 Å². The van der Waals surface area contributed by atoms with Crippen molar-refractivity contribution in [3.8, 4) is 0 Å². The number of nitrogens with one attached hydrogen (secondary N) is 1. The van der Waals surface area contributed by atoms with Gasteiger partial charge in [-0.25, -0.2) is 13.1 Å². The van der Waals surface area contributed by atoms with E-state index in [0.29, 0.717) is 10.0 Å². The van der Waals surface area contributed by atoms with E-state index in [2.05, 4.69) is 20.7 Å². The van der Waals surface area contributed by atoms with Gasteiger partial charge in [0.25, 0.3) is 0 Å². The molecule has 0 amide bonds. The van der Waals surface area contributed by atoms with Crippen molar-refractivity contribution in [1.29, 1.82) is 0 Å². The summed E-state index contributed by atoms with van der Waals surface area (Å²) in [5, 5.41) is 9.15. The van der Waals surface area contributed by atoms with Crippen molar-refractivity contribution in [3.63, 3.8) is 0 Å². The third-order valence-corrected chi connectivity index (χ3v) is 6.16. The summed E-state index contributed by atoms with van der Waals surface area (Å²) in [6, 6.07) is 4.90. The van der Waals surface area contributed by atoms with Gasteiger partial charge in [-0.2, -0.15) is 0 Å². The van der Waals surface area contributed by atoms with Crippen LogP contribution in [0.15, 0.2) is 27.6 Å². The molecule has 0 atom stereocenters. The second-order valence-corrected chi connectivity index (χ2v) is 7.77. The van der Waals surface area contributed by atoms with Crippen LogP contribution in [0.25, 0.3) is 0 Å². The van der Waals surface area contributed by atoms with E-state index in [1.54, 1.807) is 12.1 Å². The number of hydrogen-bond donors (Lipinski definition) is 2. The molecule has 1 saturated carbocycles. The summed E-state index contributed by atoms with van der Waals surface area (Å²) in [6.45, 7) is -0.167. The molecular formula is C14H20BrNO3S. The van der Waals surface area contributed by atoms with Crippen LogP contribution in [0.4, 0.5) is 0 Å². The molecule has 0 unspecified atom stereocenters. The fourth-order valence-electron chi connectivity index (χ4n) is 2.53. The van der Waals surface area contributed by atoms with Crippen molar-refractivity contribution in [2.45, 2.75) is 56.1 Å². The Morgan fingerprint density at radius 2 is 1.85 bits per heavy atom. The van der Waals surface area contributed by atoms with Gasteiger partial charge in [0.2, 0.25) is 10.0 Å². The number of aliphatic hydroxyl groups excluding tert-OH is 1. The molecule has 1 fully saturated rings. The molecule has 0 aliphatic heterocycles. The lowest BCUT2D eigenvalue weighted by Crippen LogP contribution is -2.34. The van der Waals surface area contributed by atoms with Crippen LogP contribution in [-0.4, -0.2) is 19.6 Å². The smallest absolute Gasteiger partial charge is 0.241 e. The first kappa shape index (κ1) is 15.9. The predicted octanol–water partition coefficient (Wildman–Crippen LogP) is 2.94. The molecule has 2 rings (SSSR count). The number of rotatable bonds is 4.